The standard InChI is InChI=1S/C27H22F4N2O4S/c28-21-8-10-25-19(15-21)16-26(37-25)38(35,36)33-13-1-2-23(33)24(34)9-3-17-11-12-32-22(14-17)18-4-6-20(7-5-18)27(29,30)31/h4-8,10-12,14-16,23H,1-3,9,13H2. The monoisotopic (exact) mass is 546 g/mol. The van der Waals surface area contributed by atoms with Crippen LogP contribution in [0.1, 0.15) is 30.4 Å². The van der Waals surface area contributed by atoms with Gasteiger partial charge in [0.15, 0.2) is 5.78 Å². The number of Topliss-reactive ketones (excluding diaryl/α,β-unsaturated/α-hetero) is 1. The molecule has 4 aromatic rings. The van der Waals surface area contributed by atoms with Crippen molar-refractivity contribution in [1.29, 1.82) is 0 Å². The average Bonchev–Trinajstić information content (AvgIpc) is 3.55. The molecule has 1 fully saturated rings. The van der Waals surface area contributed by atoms with Gasteiger partial charge in [-0.1, -0.05) is 12.1 Å². The second-order valence-electron chi connectivity index (χ2n) is 9.11. The summed E-state index contributed by atoms with van der Waals surface area (Å²) in [4.78, 5) is 17.3. The van der Waals surface area contributed by atoms with Crippen LogP contribution in [0, 0.1) is 5.82 Å². The number of carbonyl (C=O) groups excluding carboxylic acids is 1. The van der Waals surface area contributed by atoms with Crippen molar-refractivity contribution >= 4 is 26.8 Å². The van der Waals surface area contributed by atoms with Gasteiger partial charge in [-0.15, -0.1) is 0 Å². The molecule has 2 aromatic carbocycles. The number of ketones is 1. The lowest BCUT2D eigenvalue weighted by molar-refractivity contribution is -0.137. The molecule has 1 aliphatic heterocycles. The average molecular weight is 547 g/mol. The minimum atomic E-state index is -4.43. The van der Waals surface area contributed by atoms with Gasteiger partial charge in [-0.05, 0) is 67.3 Å². The summed E-state index contributed by atoms with van der Waals surface area (Å²) in [5.41, 5.74) is 1.19. The van der Waals surface area contributed by atoms with Crippen molar-refractivity contribution in [2.75, 3.05) is 6.54 Å². The van der Waals surface area contributed by atoms with E-state index in [0.717, 1.165) is 22.0 Å². The number of hydrogen-bond acceptors (Lipinski definition) is 5. The molecule has 1 saturated heterocycles. The maximum absolute atomic E-state index is 13.5. The van der Waals surface area contributed by atoms with E-state index in [2.05, 4.69) is 4.98 Å². The van der Waals surface area contributed by atoms with Crippen LogP contribution in [0.2, 0.25) is 0 Å². The minimum absolute atomic E-state index is 0.0679. The number of pyridine rings is 1. The molecule has 2 aromatic heterocycles. The van der Waals surface area contributed by atoms with Crippen LogP contribution in [0.4, 0.5) is 17.6 Å². The number of aromatic nitrogens is 1. The van der Waals surface area contributed by atoms with Crippen molar-refractivity contribution in [3.8, 4) is 11.3 Å². The molecule has 1 unspecified atom stereocenters. The highest BCUT2D eigenvalue weighted by Gasteiger charge is 2.40. The van der Waals surface area contributed by atoms with Gasteiger partial charge in [0, 0.05) is 36.2 Å². The lowest BCUT2D eigenvalue weighted by Crippen LogP contribution is -2.40. The van der Waals surface area contributed by atoms with Crippen molar-refractivity contribution in [1.82, 2.24) is 9.29 Å². The molecule has 0 spiro atoms. The number of nitrogens with zero attached hydrogens (tertiary/aromatic N) is 2. The zero-order chi connectivity index (χ0) is 27.1. The van der Waals surface area contributed by atoms with Crippen LogP contribution in [-0.4, -0.2) is 36.1 Å². The fourth-order valence-electron chi connectivity index (χ4n) is 4.63. The summed E-state index contributed by atoms with van der Waals surface area (Å²) in [6, 6.07) is 12.2. The quantitative estimate of drug-likeness (QED) is 0.265. The Labute approximate surface area is 215 Å². The number of fused-ring (bicyclic) bond motifs is 1. The summed E-state index contributed by atoms with van der Waals surface area (Å²) >= 11 is 0. The normalized spacial score (nSPS) is 16.8. The maximum Gasteiger partial charge on any atom is 0.416 e. The molecule has 0 N–H and O–H groups in total. The van der Waals surface area contributed by atoms with Gasteiger partial charge in [0.1, 0.15) is 11.4 Å². The zero-order valence-electron chi connectivity index (χ0n) is 19.9. The largest absolute Gasteiger partial charge is 0.443 e. The molecule has 38 heavy (non-hydrogen) atoms. The first-order valence-electron chi connectivity index (χ1n) is 11.9. The van der Waals surface area contributed by atoms with Crippen molar-refractivity contribution in [2.45, 2.75) is 43.0 Å². The fourth-order valence-corrected chi connectivity index (χ4v) is 6.26. The second-order valence-corrected chi connectivity index (χ2v) is 10.9. The number of benzene rings is 2. The third kappa shape index (κ3) is 5.21. The smallest absolute Gasteiger partial charge is 0.416 e. The van der Waals surface area contributed by atoms with Gasteiger partial charge >= 0.3 is 6.18 Å². The SMILES string of the molecule is O=C(CCc1ccnc(-c2ccc(C(F)(F)F)cc2)c1)C1CCCN1S(=O)(=O)c1cc2cc(F)ccc2o1. The lowest BCUT2D eigenvalue weighted by atomic mass is 10.0. The van der Waals surface area contributed by atoms with Gasteiger partial charge in [-0.25, -0.2) is 12.8 Å². The zero-order valence-corrected chi connectivity index (χ0v) is 20.7. The number of hydrogen-bond donors (Lipinski definition) is 0. The Kier molecular flexibility index (Phi) is 6.83. The van der Waals surface area contributed by atoms with Crippen LogP contribution < -0.4 is 0 Å². The van der Waals surface area contributed by atoms with Crippen LogP contribution in [0.3, 0.4) is 0 Å². The van der Waals surface area contributed by atoms with Gasteiger partial charge in [0.2, 0.25) is 5.09 Å². The van der Waals surface area contributed by atoms with Crippen LogP contribution >= 0.6 is 0 Å². The highest BCUT2D eigenvalue weighted by Crippen LogP contribution is 2.32. The predicted octanol–water partition coefficient (Wildman–Crippen LogP) is 6.01. The van der Waals surface area contributed by atoms with E-state index in [1.807, 2.05) is 0 Å². The van der Waals surface area contributed by atoms with E-state index < -0.39 is 33.6 Å². The molecule has 5 rings (SSSR count). The molecular weight excluding hydrogens is 524 g/mol. The van der Waals surface area contributed by atoms with E-state index in [1.165, 1.54) is 42.6 Å². The first-order chi connectivity index (χ1) is 18.0. The molecule has 3 heterocycles. The molecule has 1 aliphatic rings. The van der Waals surface area contributed by atoms with Crippen molar-refractivity contribution < 1.29 is 35.2 Å². The molecule has 198 valence electrons. The third-order valence-electron chi connectivity index (χ3n) is 6.59. The summed E-state index contributed by atoms with van der Waals surface area (Å²) in [6.45, 7) is 0.164. The van der Waals surface area contributed by atoms with Crippen LogP contribution in [-0.2, 0) is 27.4 Å². The Morgan fingerprint density at radius 1 is 1.05 bits per heavy atom. The van der Waals surface area contributed by atoms with E-state index in [1.54, 1.807) is 12.1 Å². The van der Waals surface area contributed by atoms with Gasteiger partial charge in [-0.3, -0.25) is 9.78 Å². The van der Waals surface area contributed by atoms with E-state index in [9.17, 15) is 30.8 Å². The highest BCUT2D eigenvalue weighted by atomic mass is 32.2. The van der Waals surface area contributed by atoms with E-state index in [-0.39, 0.29) is 29.4 Å². The van der Waals surface area contributed by atoms with E-state index in [0.29, 0.717) is 35.9 Å². The molecule has 0 aliphatic carbocycles. The fraction of sp³-hybridized carbons (Fsp3) is 0.259. The summed E-state index contributed by atoms with van der Waals surface area (Å²) < 4.78 is 85.2. The molecule has 1 atom stereocenters. The Morgan fingerprint density at radius 2 is 1.82 bits per heavy atom. The number of halogens is 4. The molecule has 0 amide bonds. The van der Waals surface area contributed by atoms with Crippen LogP contribution in [0.5, 0.6) is 0 Å². The van der Waals surface area contributed by atoms with Gasteiger partial charge < -0.3 is 4.42 Å². The van der Waals surface area contributed by atoms with E-state index in [4.69, 9.17) is 4.42 Å². The second kappa shape index (κ2) is 9.95. The van der Waals surface area contributed by atoms with E-state index >= 15 is 0 Å². The molecular formula is C27H22F4N2O4S. The highest BCUT2D eigenvalue weighted by molar-refractivity contribution is 7.89. The van der Waals surface area contributed by atoms with Crippen LogP contribution in [0.25, 0.3) is 22.2 Å². The summed E-state index contributed by atoms with van der Waals surface area (Å²) in [5.74, 6) is -0.768. The van der Waals surface area contributed by atoms with Gasteiger partial charge in [-0.2, -0.15) is 17.5 Å². The maximum atomic E-state index is 13.5. The van der Waals surface area contributed by atoms with Gasteiger partial charge in [0.05, 0.1) is 17.3 Å². The number of alkyl halides is 3. The van der Waals surface area contributed by atoms with Crippen molar-refractivity contribution in [2.24, 2.45) is 0 Å². The predicted molar refractivity (Wildman–Crippen MR) is 131 cm³/mol. The number of furan rings is 1. The van der Waals surface area contributed by atoms with Crippen LogP contribution in [0.15, 0.2) is 76.4 Å². The Morgan fingerprint density at radius 3 is 2.55 bits per heavy atom. The minimum Gasteiger partial charge on any atom is -0.443 e. The first-order valence-corrected chi connectivity index (χ1v) is 13.3. The lowest BCUT2D eigenvalue weighted by Gasteiger charge is -2.21. The number of aryl methyl sites for hydroxylation is 1. The van der Waals surface area contributed by atoms with Gasteiger partial charge in [0.25, 0.3) is 10.0 Å². The number of rotatable bonds is 7. The molecule has 0 bridgehead atoms. The molecule has 6 nitrogen and oxygen atoms in total. The number of carbonyl (C=O) groups is 1. The Hall–Kier alpha value is -3.57. The first kappa shape index (κ1) is 26.1. The summed E-state index contributed by atoms with van der Waals surface area (Å²) in [7, 11) is -4.11. The Bertz CT molecular complexity index is 1600. The molecule has 0 radical (unpaired) electrons. The summed E-state index contributed by atoms with van der Waals surface area (Å²) in [6.07, 6.45) is -1.65. The van der Waals surface area contributed by atoms with Crippen molar-refractivity contribution in [3.05, 3.63) is 83.8 Å². The summed E-state index contributed by atoms with van der Waals surface area (Å²) in [5, 5.41) is -0.0275. The third-order valence-corrected chi connectivity index (χ3v) is 8.35. The number of sulfonamides is 1. The topological polar surface area (TPSA) is 80.5 Å². The molecule has 0 saturated carbocycles. The Balaban J connectivity index is 1.28. The van der Waals surface area contributed by atoms with Crippen molar-refractivity contribution in [3.63, 3.8) is 0 Å². The molecule has 11 heteroatoms.